The molecular formula is C29H30N4O3S. The summed E-state index contributed by atoms with van der Waals surface area (Å²) >= 11 is 1.51. The number of thiazole rings is 1. The third-order valence-electron chi connectivity index (χ3n) is 6.61. The molecule has 190 valence electrons. The van der Waals surface area contributed by atoms with Gasteiger partial charge in [-0.05, 0) is 42.0 Å². The first-order valence-electron chi connectivity index (χ1n) is 12.3. The number of pyridine rings is 1. The van der Waals surface area contributed by atoms with Gasteiger partial charge in [0.25, 0.3) is 5.91 Å². The quantitative estimate of drug-likeness (QED) is 0.312. The Hall–Kier alpha value is -3.62. The molecule has 37 heavy (non-hydrogen) atoms. The van der Waals surface area contributed by atoms with Crippen LogP contribution in [0.4, 0.5) is 5.82 Å². The lowest BCUT2D eigenvalue weighted by molar-refractivity contribution is -0.121. The molecule has 5 rings (SSSR count). The van der Waals surface area contributed by atoms with Crippen LogP contribution in [0.25, 0.3) is 11.3 Å². The number of benzene rings is 1. The average molecular weight is 515 g/mol. The molecule has 0 saturated heterocycles. The number of ether oxygens (including phenoxy) is 1. The molecule has 3 heterocycles. The predicted molar refractivity (Wildman–Crippen MR) is 145 cm³/mol. The molecule has 0 fully saturated rings. The minimum absolute atomic E-state index is 0.0805. The summed E-state index contributed by atoms with van der Waals surface area (Å²) in [5.41, 5.74) is 8.29. The Morgan fingerprint density at radius 3 is 2.73 bits per heavy atom. The lowest BCUT2D eigenvalue weighted by Crippen LogP contribution is -2.27. The highest BCUT2D eigenvalue weighted by molar-refractivity contribution is 7.09. The van der Waals surface area contributed by atoms with Crippen molar-refractivity contribution in [1.29, 1.82) is 0 Å². The topological polar surface area (TPSA) is 97.0 Å². The van der Waals surface area contributed by atoms with Crippen molar-refractivity contribution in [3.8, 4) is 11.3 Å². The van der Waals surface area contributed by atoms with Crippen molar-refractivity contribution in [2.75, 3.05) is 11.9 Å². The Labute approximate surface area is 220 Å². The third kappa shape index (κ3) is 5.70. The Morgan fingerprint density at radius 1 is 1.16 bits per heavy atom. The van der Waals surface area contributed by atoms with Crippen molar-refractivity contribution < 1.29 is 14.3 Å². The van der Waals surface area contributed by atoms with Gasteiger partial charge in [-0.3, -0.25) is 9.59 Å². The Kier molecular flexibility index (Phi) is 7.04. The maximum atomic E-state index is 13.3. The van der Waals surface area contributed by atoms with E-state index < -0.39 is 0 Å². The number of anilines is 1. The van der Waals surface area contributed by atoms with Gasteiger partial charge >= 0.3 is 0 Å². The van der Waals surface area contributed by atoms with E-state index in [9.17, 15) is 9.59 Å². The van der Waals surface area contributed by atoms with E-state index in [1.54, 1.807) is 11.7 Å². The molecule has 0 aliphatic heterocycles. The van der Waals surface area contributed by atoms with Gasteiger partial charge in [0.1, 0.15) is 12.4 Å². The van der Waals surface area contributed by atoms with E-state index in [-0.39, 0.29) is 23.7 Å². The van der Waals surface area contributed by atoms with Crippen molar-refractivity contribution in [3.63, 3.8) is 0 Å². The van der Waals surface area contributed by atoms with E-state index >= 15 is 0 Å². The molecule has 1 amide bonds. The van der Waals surface area contributed by atoms with Crippen LogP contribution in [-0.2, 0) is 29.0 Å². The molecule has 2 N–H and O–H groups in total. The standard InChI is InChI=1S/C29H30N4O3S/c1-18-24(37-17-31-18)15-36-16-26(35)33-25-12-20(9-10-30-25)28-21(11-19-7-5-4-6-8-19)27-22(32-28)13-29(2,3)14-23(27)34/h4-10,12,17,32H,11,13-16H2,1-3H3,(H,30,33,35). The number of amides is 1. The predicted octanol–water partition coefficient (Wildman–Crippen LogP) is 5.74. The second-order valence-electron chi connectivity index (χ2n) is 10.3. The van der Waals surface area contributed by atoms with Gasteiger partial charge in [-0.15, -0.1) is 11.3 Å². The van der Waals surface area contributed by atoms with E-state index in [0.29, 0.717) is 25.3 Å². The highest BCUT2D eigenvalue weighted by Crippen LogP contribution is 2.40. The van der Waals surface area contributed by atoms with E-state index in [1.165, 1.54) is 11.3 Å². The van der Waals surface area contributed by atoms with Gasteiger partial charge in [-0.1, -0.05) is 44.2 Å². The molecule has 0 radical (unpaired) electrons. The smallest absolute Gasteiger partial charge is 0.251 e. The van der Waals surface area contributed by atoms with Crippen LogP contribution >= 0.6 is 11.3 Å². The zero-order valence-corrected chi connectivity index (χ0v) is 22.1. The van der Waals surface area contributed by atoms with E-state index in [1.807, 2.05) is 37.3 Å². The number of carbonyl (C=O) groups excluding carboxylic acids is 2. The molecular weight excluding hydrogens is 484 g/mol. The van der Waals surface area contributed by atoms with Gasteiger partial charge in [-0.25, -0.2) is 9.97 Å². The molecule has 1 aliphatic rings. The third-order valence-corrected chi connectivity index (χ3v) is 7.51. The summed E-state index contributed by atoms with van der Waals surface area (Å²) in [5, 5.41) is 2.83. The molecule has 4 aromatic rings. The molecule has 0 unspecified atom stereocenters. The zero-order chi connectivity index (χ0) is 26.0. The molecule has 7 nitrogen and oxygen atoms in total. The Morgan fingerprint density at radius 2 is 1.97 bits per heavy atom. The van der Waals surface area contributed by atoms with Crippen molar-refractivity contribution in [1.82, 2.24) is 15.0 Å². The number of carbonyl (C=O) groups is 2. The van der Waals surface area contributed by atoms with Gasteiger partial charge in [0.2, 0.25) is 0 Å². The van der Waals surface area contributed by atoms with Gasteiger partial charge in [0.05, 0.1) is 28.4 Å². The molecule has 0 bridgehead atoms. The van der Waals surface area contributed by atoms with Crippen molar-refractivity contribution in [2.45, 2.75) is 46.6 Å². The number of Topliss-reactive ketones (excluding diaryl/α,β-unsaturated/α-hetero) is 1. The minimum Gasteiger partial charge on any atom is -0.366 e. The van der Waals surface area contributed by atoms with Crippen molar-refractivity contribution >= 4 is 28.8 Å². The fourth-order valence-corrected chi connectivity index (χ4v) is 5.60. The maximum absolute atomic E-state index is 13.3. The average Bonchev–Trinajstić information content (AvgIpc) is 3.42. The normalized spacial score (nSPS) is 14.4. The number of nitrogens with zero attached hydrogens (tertiary/aromatic N) is 2. The largest absolute Gasteiger partial charge is 0.366 e. The number of fused-ring (bicyclic) bond motifs is 1. The fourth-order valence-electron chi connectivity index (χ4n) is 4.89. The summed E-state index contributed by atoms with van der Waals surface area (Å²) in [6.45, 7) is 6.44. The molecule has 0 spiro atoms. The van der Waals surface area contributed by atoms with Crippen LogP contribution in [0.3, 0.4) is 0 Å². The number of hydrogen-bond acceptors (Lipinski definition) is 6. The minimum atomic E-state index is -0.279. The van der Waals surface area contributed by atoms with E-state index in [0.717, 1.165) is 50.6 Å². The molecule has 0 atom stereocenters. The van der Waals surface area contributed by atoms with Crippen LogP contribution in [0, 0.1) is 12.3 Å². The molecule has 3 aromatic heterocycles. The van der Waals surface area contributed by atoms with Gasteiger partial charge < -0.3 is 15.0 Å². The van der Waals surface area contributed by atoms with Crippen LogP contribution in [0.15, 0.2) is 54.2 Å². The first kappa shape index (κ1) is 25.0. The van der Waals surface area contributed by atoms with Crippen LogP contribution in [0.2, 0.25) is 0 Å². The van der Waals surface area contributed by atoms with Gasteiger partial charge in [-0.2, -0.15) is 0 Å². The maximum Gasteiger partial charge on any atom is 0.251 e. The second kappa shape index (κ2) is 10.4. The van der Waals surface area contributed by atoms with Crippen molar-refractivity contribution in [3.05, 3.63) is 87.1 Å². The Balaban J connectivity index is 1.39. The highest BCUT2D eigenvalue weighted by atomic mass is 32.1. The number of H-pyrrole nitrogens is 1. The molecule has 1 aromatic carbocycles. The van der Waals surface area contributed by atoms with Crippen LogP contribution in [0.5, 0.6) is 0 Å². The zero-order valence-electron chi connectivity index (χ0n) is 21.3. The first-order chi connectivity index (χ1) is 17.8. The monoisotopic (exact) mass is 514 g/mol. The van der Waals surface area contributed by atoms with E-state index in [2.05, 4.69) is 46.2 Å². The summed E-state index contributed by atoms with van der Waals surface area (Å²) < 4.78 is 5.57. The number of aromatic amines is 1. The fraction of sp³-hybridized carbons (Fsp3) is 0.310. The Bertz CT molecular complexity index is 1440. The van der Waals surface area contributed by atoms with Gasteiger partial charge in [0, 0.05) is 35.9 Å². The SMILES string of the molecule is Cc1ncsc1COCC(=O)Nc1cc(-c2[nH]c3c(c2Cc2ccccc2)C(=O)CC(C)(C)C3)ccn1. The number of aromatic nitrogens is 3. The molecule has 0 saturated carbocycles. The highest BCUT2D eigenvalue weighted by Gasteiger charge is 2.35. The number of rotatable bonds is 8. The summed E-state index contributed by atoms with van der Waals surface area (Å²) in [7, 11) is 0. The van der Waals surface area contributed by atoms with Gasteiger partial charge in [0.15, 0.2) is 5.78 Å². The molecule has 8 heteroatoms. The summed E-state index contributed by atoms with van der Waals surface area (Å²) in [6.07, 6.45) is 3.65. The number of ketones is 1. The van der Waals surface area contributed by atoms with E-state index in [4.69, 9.17) is 4.74 Å². The van der Waals surface area contributed by atoms with Crippen LogP contribution in [0.1, 0.15) is 58.0 Å². The summed E-state index contributed by atoms with van der Waals surface area (Å²) in [6, 6.07) is 13.9. The summed E-state index contributed by atoms with van der Waals surface area (Å²) in [4.78, 5) is 38.9. The van der Waals surface area contributed by atoms with Crippen LogP contribution < -0.4 is 5.32 Å². The number of aryl methyl sites for hydroxylation is 1. The lowest BCUT2D eigenvalue weighted by atomic mass is 9.75. The summed E-state index contributed by atoms with van der Waals surface area (Å²) in [5.74, 6) is 0.333. The molecule has 1 aliphatic carbocycles. The lowest BCUT2D eigenvalue weighted by Gasteiger charge is -2.28. The number of hydrogen-bond donors (Lipinski definition) is 2. The number of nitrogens with one attached hydrogen (secondary N) is 2. The van der Waals surface area contributed by atoms with Crippen LogP contribution in [-0.4, -0.2) is 33.2 Å². The van der Waals surface area contributed by atoms with Crippen molar-refractivity contribution in [2.24, 2.45) is 5.41 Å². The first-order valence-corrected chi connectivity index (χ1v) is 13.2. The second-order valence-corrected chi connectivity index (χ2v) is 11.2.